The first-order chi connectivity index (χ1) is 11.8. The molecule has 0 aromatic carbocycles. The molecule has 0 aromatic heterocycles. The molecule has 0 amide bonds. The molecule has 0 aliphatic carbocycles. The van der Waals surface area contributed by atoms with Gasteiger partial charge in [0, 0.05) is 12.8 Å². The molecule has 0 aromatic rings. The summed E-state index contributed by atoms with van der Waals surface area (Å²) < 4.78 is 0. The van der Waals surface area contributed by atoms with Crippen molar-refractivity contribution in [2.45, 2.75) is 110 Å². The van der Waals surface area contributed by atoms with Crippen LogP contribution in [-0.2, 0) is 0 Å². The molecule has 1 rings (SSSR count). The van der Waals surface area contributed by atoms with Gasteiger partial charge < -0.3 is 5.11 Å². The lowest BCUT2D eigenvalue weighted by molar-refractivity contribution is 0.00710. The van der Waals surface area contributed by atoms with E-state index in [1.165, 1.54) is 77.0 Å². The standard InChI is InChI=1S/C21H40N2O/c1-3-4-5-6-7-8-9-10-11-12-13-14-15-16-17-21-22-18-19-23(21)20(2)24/h5-6,18,20-21,24H,3-4,7-17,19H2,1-2H3/b6-5+. The van der Waals surface area contributed by atoms with Crippen LogP contribution in [0.25, 0.3) is 0 Å². The number of unbranched alkanes of at least 4 members (excludes halogenated alkanes) is 10. The normalized spacial score (nSPS) is 19.5. The van der Waals surface area contributed by atoms with Crippen LogP contribution in [0, 0.1) is 0 Å². The molecule has 2 unspecified atom stereocenters. The van der Waals surface area contributed by atoms with Gasteiger partial charge in [-0.3, -0.25) is 9.89 Å². The molecule has 3 nitrogen and oxygen atoms in total. The molecule has 0 saturated carbocycles. The van der Waals surface area contributed by atoms with Gasteiger partial charge in [-0.1, -0.05) is 70.4 Å². The molecule has 1 heterocycles. The minimum Gasteiger partial charge on any atom is -0.379 e. The lowest BCUT2D eigenvalue weighted by Gasteiger charge is -2.25. The summed E-state index contributed by atoms with van der Waals surface area (Å²) in [6.45, 7) is 4.87. The molecule has 1 aliphatic heterocycles. The maximum absolute atomic E-state index is 9.68. The van der Waals surface area contributed by atoms with Crippen molar-refractivity contribution in [1.82, 2.24) is 4.90 Å². The van der Waals surface area contributed by atoms with Gasteiger partial charge in [0.25, 0.3) is 0 Å². The third-order valence-electron chi connectivity index (χ3n) is 4.89. The summed E-state index contributed by atoms with van der Waals surface area (Å²) in [5, 5.41) is 9.68. The van der Waals surface area contributed by atoms with E-state index in [9.17, 15) is 5.11 Å². The van der Waals surface area contributed by atoms with E-state index >= 15 is 0 Å². The number of allylic oxidation sites excluding steroid dienone is 2. The summed E-state index contributed by atoms with van der Waals surface area (Å²) in [6, 6.07) is 0. The summed E-state index contributed by atoms with van der Waals surface area (Å²) in [5.74, 6) is 0. The van der Waals surface area contributed by atoms with Gasteiger partial charge in [0.2, 0.25) is 0 Å². The van der Waals surface area contributed by atoms with Gasteiger partial charge in [0.05, 0.1) is 0 Å². The van der Waals surface area contributed by atoms with E-state index in [1.807, 2.05) is 13.1 Å². The molecular formula is C21H40N2O. The zero-order valence-electron chi connectivity index (χ0n) is 16.1. The van der Waals surface area contributed by atoms with Crippen molar-refractivity contribution in [3.05, 3.63) is 12.2 Å². The van der Waals surface area contributed by atoms with Gasteiger partial charge in [0.15, 0.2) is 0 Å². The summed E-state index contributed by atoms with van der Waals surface area (Å²) >= 11 is 0. The predicted molar refractivity (Wildman–Crippen MR) is 106 cm³/mol. The number of aliphatic hydroxyl groups is 1. The van der Waals surface area contributed by atoms with Crippen LogP contribution < -0.4 is 0 Å². The number of hydrogen-bond donors (Lipinski definition) is 1. The van der Waals surface area contributed by atoms with E-state index < -0.39 is 0 Å². The summed E-state index contributed by atoms with van der Waals surface area (Å²) in [4.78, 5) is 6.54. The van der Waals surface area contributed by atoms with Crippen LogP contribution in [-0.4, -0.2) is 35.2 Å². The van der Waals surface area contributed by atoms with Crippen LogP contribution in [0.1, 0.15) is 97.3 Å². The Morgan fingerprint density at radius 2 is 1.58 bits per heavy atom. The molecule has 0 spiro atoms. The Morgan fingerprint density at radius 3 is 2.21 bits per heavy atom. The lowest BCUT2D eigenvalue weighted by Crippen LogP contribution is -2.37. The molecule has 0 saturated heterocycles. The molecule has 1 N–H and O–H groups in total. The molecule has 0 bridgehead atoms. The Labute approximate surface area is 150 Å². The summed E-state index contributed by atoms with van der Waals surface area (Å²) in [5.41, 5.74) is 0. The fourth-order valence-electron chi connectivity index (χ4n) is 3.34. The minimum atomic E-state index is -0.375. The van der Waals surface area contributed by atoms with Crippen molar-refractivity contribution in [2.75, 3.05) is 6.54 Å². The van der Waals surface area contributed by atoms with Gasteiger partial charge >= 0.3 is 0 Å². The third kappa shape index (κ3) is 10.2. The maximum Gasteiger partial charge on any atom is 0.106 e. The Balaban J connectivity index is 1.82. The second-order valence-electron chi connectivity index (χ2n) is 7.16. The summed E-state index contributed by atoms with van der Waals surface area (Å²) in [6.07, 6.45) is 23.6. The van der Waals surface area contributed by atoms with Crippen LogP contribution in [0.4, 0.5) is 0 Å². The maximum atomic E-state index is 9.68. The van der Waals surface area contributed by atoms with Gasteiger partial charge in [-0.2, -0.15) is 0 Å². The fraction of sp³-hybridized carbons (Fsp3) is 0.857. The number of rotatable bonds is 15. The fourth-order valence-corrected chi connectivity index (χ4v) is 3.34. The van der Waals surface area contributed by atoms with E-state index in [-0.39, 0.29) is 12.4 Å². The second kappa shape index (κ2) is 14.7. The zero-order chi connectivity index (χ0) is 17.5. The third-order valence-corrected chi connectivity index (χ3v) is 4.89. The van der Waals surface area contributed by atoms with Crippen molar-refractivity contribution < 1.29 is 5.11 Å². The average Bonchev–Trinajstić information content (AvgIpc) is 3.04. The molecular weight excluding hydrogens is 296 g/mol. The highest BCUT2D eigenvalue weighted by atomic mass is 16.3. The molecule has 0 radical (unpaired) electrons. The first-order valence-corrected chi connectivity index (χ1v) is 10.4. The van der Waals surface area contributed by atoms with Crippen molar-refractivity contribution >= 4 is 6.21 Å². The quantitative estimate of drug-likeness (QED) is 0.308. The highest BCUT2D eigenvalue weighted by Crippen LogP contribution is 2.18. The molecule has 24 heavy (non-hydrogen) atoms. The Kier molecular flexibility index (Phi) is 13.1. The first-order valence-electron chi connectivity index (χ1n) is 10.4. The number of aliphatic hydroxyl groups excluding tert-OH is 1. The van der Waals surface area contributed by atoms with E-state index in [2.05, 4.69) is 29.0 Å². The second-order valence-corrected chi connectivity index (χ2v) is 7.16. The van der Waals surface area contributed by atoms with Crippen molar-refractivity contribution in [3.8, 4) is 0 Å². The van der Waals surface area contributed by atoms with Crippen LogP contribution in [0.2, 0.25) is 0 Å². The van der Waals surface area contributed by atoms with Crippen molar-refractivity contribution in [3.63, 3.8) is 0 Å². The summed E-state index contributed by atoms with van der Waals surface area (Å²) in [7, 11) is 0. The number of hydrogen-bond acceptors (Lipinski definition) is 3. The van der Waals surface area contributed by atoms with E-state index in [1.54, 1.807) is 0 Å². The molecule has 2 atom stereocenters. The lowest BCUT2D eigenvalue weighted by atomic mass is 10.0. The molecule has 0 fully saturated rings. The topological polar surface area (TPSA) is 35.8 Å². The van der Waals surface area contributed by atoms with Gasteiger partial charge in [-0.25, -0.2) is 0 Å². The predicted octanol–water partition coefficient (Wildman–Crippen LogP) is 5.68. The SMILES string of the molecule is CCC/C=C/CCCCCCCCCCCC1N=CCN1C(C)O. The number of nitrogens with zero attached hydrogens (tertiary/aromatic N) is 2. The Bertz CT molecular complexity index is 339. The molecule has 1 aliphatic rings. The van der Waals surface area contributed by atoms with E-state index in [4.69, 9.17) is 0 Å². The molecule has 3 heteroatoms. The largest absolute Gasteiger partial charge is 0.379 e. The van der Waals surface area contributed by atoms with Crippen LogP contribution >= 0.6 is 0 Å². The van der Waals surface area contributed by atoms with Crippen LogP contribution in [0.15, 0.2) is 17.1 Å². The highest BCUT2D eigenvalue weighted by molar-refractivity contribution is 5.62. The Hall–Kier alpha value is -0.670. The van der Waals surface area contributed by atoms with Crippen LogP contribution in [0.3, 0.4) is 0 Å². The molecule has 140 valence electrons. The van der Waals surface area contributed by atoms with Crippen molar-refractivity contribution in [2.24, 2.45) is 4.99 Å². The van der Waals surface area contributed by atoms with Gasteiger partial charge in [-0.15, -0.1) is 0 Å². The van der Waals surface area contributed by atoms with Crippen LogP contribution in [0.5, 0.6) is 0 Å². The highest BCUT2D eigenvalue weighted by Gasteiger charge is 2.23. The Morgan fingerprint density at radius 1 is 1.00 bits per heavy atom. The number of aliphatic imine (C=N–C) groups is 1. The van der Waals surface area contributed by atoms with E-state index in [0.29, 0.717) is 0 Å². The average molecular weight is 337 g/mol. The van der Waals surface area contributed by atoms with Crippen molar-refractivity contribution in [1.29, 1.82) is 0 Å². The zero-order valence-corrected chi connectivity index (χ0v) is 16.1. The monoisotopic (exact) mass is 336 g/mol. The van der Waals surface area contributed by atoms with E-state index in [0.717, 1.165) is 13.0 Å². The van der Waals surface area contributed by atoms with Gasteiger partial charge in [0.1, 0.15) is 12.4 Å². The first kappa shape index (κ1) is 21.4. The minimum absolute atomic E-state index is 0.219. The van der Waals surface area contributed by atoms with Gasteiger partial charge in [-0.05, 0) is 39.0 Å². The smallest absolute Gasteiger partial charge is 0.106 e.